The summed E-state index contributed by atoms with van der Waals surface area (Å²) in [6, 6.07) is 3.36. The number of carbonyl (C=O) groups is 2. The zero-order chi connectivity index (χ0) is 21.4. The van der Waals surface area contributed by atoms with Crippen LogP contribution in [0.3, 0.4) is 0 Å². The maximum absolute atomic E-state index is 12.8. The van der Waals surface area contributed by atoms with Gasteiger partial charge in [-0.1, -0.05) is 0 Å². The molecular formula is C21H30N2O6. The van der Waals surface area contributed by atoms with Gasteiger partial charge in [0.25, 0.3) is 5.91 Å². The van der Waals surface area contributed by atoms with Crippen LogP contribution in [0.1, 0.15) is 50.5 Å². The Kier molecular flexibility index (Phi) is 5.67. The number of amides is 2. The molecule has 2 heterocycles. The monoisotopic (exact) mass is 406 g/mol. The number of hydrogen-bond donors (Lipinski definition) is 1. The summed E-state index contributed by atoms with van der Waals surface area (Å²) in [7, 11) is 0. The lowest BCUT2D eigenvalue weighted by molar-refractivity contribution is -0.114. The molecule has 1 N–H and O–H groups in total. The zero-order valence-electron chi connectivity index (χ0n) is 17.8. The fourth-order valence-electron chi connectivity index (χ4n) is 3.61. The predicted octanol–water partition coefficient (Wildman–Crippen LogP) is 2.42. The number of benzene rings is 1. The first-order valence-corrected chi connectivity index (χ1v) is 9.99. The van der Waals surface area contributed by atoms with Crippen molar-refractivity contribution in [3.05, 3.63) is 23.3 Å². The molecule has 0 bridgehead atoms. The molecule has 1 fully saturated rings. The van der Waals surface area contributed by atoms with E-state index in [0.717, 1.165) is 0 Å². The summed E-state index contributed by atoms with van der Waals surface area (Å²) < 4.78 is 17.5. The van der Waals surface area contributed by atoms with E-state index in [1.807, 2.05) is 34.6 Å². The number of ether oxygens (including phenoxy) is 3. The molecule has 0 aromatic heterocycles. The second-order valence-corrected chi connectivity index (χ2v) is 8.46. The van der Waals surface area contributed by atoms with Gasteiger partial charge in [-0.3, -0.25) is 9.69 Å². The summed E-state index contributed by atoms with van der Waals surface area (Å²) in [5.41, 5.74) is -0.350. The van der Waals surface area contributed by atoms with E-state index in [-0.39, 0.29) is 25.2 Å². The van der Waals surface area contributed by atoms with Crippen LogP contribution in [0.4, 0.5) is 4.79 Å². The lowest BCUT2D eigenvalue weighted by Crippen LogP contribution is -2.70. The normalized spacial score (nSPS) is 17.0. The molecule has 2 aliphatic heterocycles. The molecule has 160 valence electrons. The molecule has 0 unspecified atom stereocenters. The van der Waals surface area contributed by atoms with Crippen LogP contribution in [0, 0.1) is 0 Å². The Hall–Kier alpha value is -2.48. The van der Waals surface area contributed by atoms with Gasteiger partial charge in [0.2, 0.25) is 0 Å². The van der Waals surface area contributed by atoms with Crippen LogP contribution in [0.2, 0.25) is 0 Å². The smallest absolute Gasteiger partial charge is 0.410 e. The molecule has 0 atom stereocenters. The third-order valence-electron chi connectivity index (χ3n) is 5.08. The SMILES string of the molecule is CCN(CC)C(=O)c1ccc2c(c1CO)OCC1(CN(C(=O)OC(C)(C)C)C1)O2. The maximum Gasteiger partial charge on any atom is 0.410 e. The summed E-state index contributed by atoms with van der Waals surface area (Å²) in [5.74, 6) is 0.720. The quantitative estimate of drug-likeness (QED) is 0.826. The number of likely N-dealkylation sites (tertiary alicyclic amines) is 1. The molecule has 2 amide bonds. The van der Waals surface area contributed by atoms with Crippen LogP contribution in [-0.4, -0.2) is 70.9 Å². The molecule has 0 aliphatic carbocycles. The number of aliphatic hydroxyl groups excluding tert-OH is 1. The van der Waals surface area contributed by atoms with Crippen molar-refractivity contribution in [2.45, 2.75) is 52.4 Å². The molecule has 0 saturated carbocycles. The Labute approximate surface area is 171 Å². The average molecular weight is 406 g/mol. The molecule has 3 rings (SSSR count). The fourth-order valence-corrected chi connectivity index (χ4v) is 3.61. The summed E-state index contributed by atoms with van der Waals surface area (Å²) in [6.45, 7) is 11.1. The Morgan fingerprint density at radius 2 is 1.90 bits per heavy atom. The van der Waals surface area contributed by atoms with E-state index < -0.39 is 11.2 Å². The Morgan fingerprint density at radius 3 is 2.45 bits per heavy atom. The van der Waals surface area contributed by atoms with Crippen LogP contribution < -0.4 is 9.47 Å². The zero-order valence-corrected chi connectivity index (χ0v) is 17.8. The van der Waals surface area contributed by atoms with Gasteiger partial charge in [0.15, 0.2) is 17.1 Å². The molecule has 1 spiro atoms. The van der Waals surface area contributed by atoms with E-state index in [1.54, 1.807) is 21.9 Å². The highest BCUT2D eigenvalue weighted by atomic mass is 16.6. The highest BCUT2D eigenvalue weighted by Crippen LogP contribution is 2.43. The van der Waals surface area contributed by atoms with Gasteiger partial charge in [-0.25, -0.2) is 4.79 Å². The van der Waals surface area contributed by atoms with Gasteiger partial charge in [-0.05, 0) is 46.8 Å². The van der Waals surface area contributed by atoms with E-state index in [9.17, 15) is 14.7 Å². The number of aliphatic hydroxyl groups is 1. The van der Waals surface area contributed by atoms with Crippen molar-refractivity contribution in [1.29, 1.82) is 0 Å². The van der Waals surface area contributed by atoms with Crippen molar-refractivity contribution in [2.75, 3.05) is 32.8 Å². The molecule has 1 aromatic rings. The third-order valence-corrected chi connectivity index (χ3v) is 5.08. The van der Waals surface area contributed by atoms with Gasteiger partial charge in [-0.15, -0.1) is 0 Å². The highest BCUT2D eigenvalue weighted by molar-refractivity contribution is 5.96. The first kappa shape index (κ1) is 21.2. The summed E-state index contributed by atoms with van der Waals surface area (Å²) in [5, 5.41) is 9.90. The van der Waals surface area contributed by atoms with E-state index in [4.69, 9.17) is 14.2 Å². The maximum atomic E-state index is 12.8. The van der Waals surface area contributed by atoms with Crippen molar-refractivity contribution in [2.24, 2.45) is 0 Å². The van der Waals surface area contributed by atoms with Gasteiger partial charge < -0.3 is 24.2 Å². The number of carbonyl (C=O) groups excluding carboxylic acids is 2. The standard InChI is InChI=1S/C21H30N2O6/c1-6-22(7-2)18(25)14-8-9-16-17(15(14)10-24)27-13-21(28-16)11-23(12-21)19(26)29-20(3,4)5/h8-9,24H,6-7,10-13H2,1-5H3. The Balaban J connectivity index is 1.76. The van der Waals surface area contributed by atoms with Crippen LogP contribution in [-0.2, 0) is 11.3 Å². The largest absolute Gasteiger partial charge is 0.485 e. The van der Waals surface area contributed by atoms with Gasteiger partial charge in [-0.2, -0.15) is 0 Å². The van der Waals surface area contributed by atoms with Crippen molar-refractivity contribution in [3.8, 4) is 11.5 Å². The van der Waals surface area contributed by atoms with Crippen molar-refractivity contribution in [3.63, 3.8) is 0 Å². The fraction of sp³-hybridized carbons (Fsp3) is 0.619. The lowest BCUT2D eigenvalue weighted by atomic mass is 9.93. The van der Waals surface area contributed by atoms with E-state index in [0.29, 0.717) is 48.8 Å². The first-order chi connectivity index (χ1) is 13.6. The molecule has 1 saturated heterocycles. The second kappa shape index (κ2) is 7.74. The molecule has 0 radical (unpaired) electrons. The summed E-state index contributed by atoms with van der Waals surface area (Å²) >= 11 is 0. The van der Waals surface area contributed by atoms with Gasteiger partial charge in [0, 0.05) is 24.2 Å². The average Bonchev–Trinajstić information content (AvgIpc) is 2.64. The highest BCUT2D eigenvalue weighted by Gasteiger charge is 2.52. The first-order valence-electron chi connectivity index (χ1n) is 9.99. The molecule has 29 heavy (non-hydrogen) atoms. The second-order valence-electron chi connectivity index (χ2n) is 8.46. The van der Waals surface area contributed by atoms with Crippen molar-refractivity contribution < 1.29 is 28.9 Å². The molecule has 8 heteroatoms. The van der Waals surface area contributed by atoms with Gasteiger partial charge in [0.05, 0.1) is 19.7 Å². The molecule has 8 nitrogen and oxygen atoms in total. The summed E-state index contributed by atoms with van der Waals surface area (Å²) in [6.07, 6.45) is -0.381. The molecular weight excluding hydrogens is 376 g/mol. The van der Waals surface area contributed by atoms with Gasteiger partial charge >= 0.3 is 6.09 Å². The topological polar surface area (TPSA) is 88.5 Å². The lowest BCUT2D eigenvalue weighted by Gasteiger charge is -2.50. The molecule has 1 aromatic carbocycles. The van der Waals surface area contributed by atoms with Crippen LogP contribution >= 0.6 is 0 Å². The van der Waals surface area contributed by atoms with Gasteiger partial charge in [0.1, 0.15) is 12.2 Å². The number of fused-ring (bicyclic) bond motifs is 1. The number of hydrogen-bond acceptors (Lipinski definition) is 6. The summed E-state index contributed by atoms with van der Waals surface area (Å²) in [4.78, 5) is 28.2. The predicted molar refractivity (Wildman–Crippen MR) is 106 cm³/mol. The Bertz CT molecular complexity index is 791. The van der Waals surface area contributed by atoms with Crippen LogP contribution in [0.5, 0.6) is 11.5 Å². The minimum Gasteiger partial charge on any atom is -0.485 e. The van der Waals surface area contributed by atoms with Crippen molar-refractivity contribution >= 4 is 12.0 Å². The van der Waals surface area contributed by atoms with Crippen LogP contribution in [0.15, 0.2) is 12.1 Å². The van der Waals surface area contributed by atoms with Crippen molar-refractivity contribution in [1.82, 2.24) is 9.80 Å². The molecule has 2 aliphatic rings. The van der Waals surface area contributed by atoms with Crippen LogP contribution in [0.25, 0.3) is 0 Å². The van der Waals surface area contributed by atoms with E-state index in [1.165, 1.54) is 0 Å². The minimum atomic E-state index is -0.638. The van der Waals surface area contributed by atoms with E-state index in [2.05, 4.69) is 0 Å². The third kappa shape index (κ3) is 4.12. The number of rotatable bonds is 4. The number of nitrogens with zero attached hydrogens (tertiary/aromatic N) is 2. The van der Waals surface area contributed by atoms with E-state index >= 15 is 0 Å². The Morgan fingerprint density at radius 1 is 1.24 bits per heavy atom. The minimum absolute atomic E-state index is 0.148.